The molecule has 3 aromatic rings. The van der Waals surface area contributed by atoms with Crippen molar-refractivity contribution in [2.75, 3.05) is 18.2 Å². The number of hydrogen-bond donors (Lipinski definition) is 2. The van der Waals surface area contributed by atoms with Crippen molar-refractivity contribution in [2.45, 2.75) is 31.5 Å². The van der Waals surface area contributed by atoms with Crippen LogP contribution in [0.2, 0.25) is 0 Å². The van der Waals surface area contributed by atoms with Crippen LogP contribution in [0.5, 0.6) is 5.75 Å². The summed E-state index contributed by atoms with van der Waals surface area (Å²) in [4.78, 5) is 33.2. The molecule has 1 atom stereocenters. The molecule has 1 aliphatic rings. The van der Waals surface area contributed by atoms with Gasteiger partial charge in [0.2, 0.25) is 0 Å². The molecular formula is C25H25N3O4S. The highest BCUT2D eigenvalue weighted by Crippen LogP contribution is 2.40. The molecule has 0 unspecified atom stereocenters. The first-order chi connectivity index (χ1) is 16.0. The van der Waals surface area contributed by atoms with Crippen LogP contribution in [0.15, 0.2) is 75.8 Å². The SMILES string of the molecule is CCSc1nc2c(c(=O)[nH]1)[C@H](c1ccc(OCc3ccccc3)cc1)C(C(=O)OC)=C(C)N2. The predicted molar refractivity (Wildman–Crippen MR) is 129 cm³/mol. The average Bonchev–Trinajstić information content (AvgIpc) is 2.82. The third-order valence-corrected chi connectivity index (χ3v) is 6.12. The number of H-pyrrole nitrogens is 1. The largest absolute Gasteiger partial charge is 0.489 e. The van der Waals surface area contributed by atoms with Gasteiger partial charge >= 0.3 is 5.97 Å². The Kier molecular flexibility index (Phi) is 6.84. The summed E-state index contributed by atoms with van der Waals surface area (Å²) in [6.45, 7) is 4.22. The number of rotatable bonds is 7. The lowest BCUT2D eigenvalue weighted by molar-refractivity contribution is -0.136. The van der Waals surface area contributed by atoms with Crippen LogP contribution in [-0.4, -0.2) is 28.8 Å². The molecule has 0 spiro atoms. The standard InChI is InChI=1S/C25H25N3O4S/c1-4-33-25-27-22-21(23(29)28-25)20(19(15(2)26-22)24(30)31-3)17-10-12-18(13-11-17)32-14-16-8-6-5-7-9-16/h5-13,20H,4,14H2,1-3H3,(H2,26,27,28,29)/t20-/m1/s1. The minimum atomic E-state index is -0.617. The van der Waals surface area contributed by atoms with E-state index in [-0.39, 0.29) is 5.56 Å². The third-order valence-electron chi connectivity index (χ3n) is 5.37. The molecule has 170 valence electrons. The fourth-order valence-electron chi connectivity index (χ4n) is 3.85. The molecule has 0 saturated carbocycles. The molecule has 7 nitrogen and oxygen atoms in total. The van der Waals surface area contributed by atoms with Gasteiger partial charge in [-0.1, -0.05) is 61.2 Å². The minimum Gasteiger partial charge on any atom is -0.489 e. The number of methoxy groups -OCH3 is 1. The predicted octanol–water partition coefficient (Wildman–Crippen LogP) is 4.47. The van der Waals surface area contributed by atoms with E-state index >= 15 is 0 Å². The van der Waals surface area contributed by atoms with Crippen LogP contribution in [0, 0.1) is 0 Å². The number of allylic oxidation sites excluding steroid dienone is 1. The van der Waals surface area contributed by atoms with Crippen LogP contribution in [0.1, 0.15) is 36.5 Å². The second-order valence-electron chi connectivity index (χ2n) is 7.50. The zero-order valence-electron chi connectivity index (χ0n) is 18.7. The van der Waals surface area contributed by atoms with E-state index in [1.165, 1.54) is 18.9 Å². The van der Waals surface area contributed by atoms with Crippen molar-refractivity contribution < 1.29 is 14.3 Å². The summed E-state index contributed by atoms with van der Waals surface area (Å²) in [5.74, 6) is 0.811. The highest BCUT2D eigenvalue weighted by atomic mass is 32.2. The summed E-state index contributed by atoms with van der Waals surface area (Å²) >= 11 is 1.45. The maximum atomic E-state index is 13.1. The number of thioether (sulfide) groups is 1. The number of fused-ring (bicyclic) bond motifs is 1. The Labute approximate surface area is 196 Å². The number of benzene rings is 2. The Hall–Kier alpha value is -3.52. The highest BCUT2D eigenvalue weighted by molar-refractivity contribution is 7.99. The number of nitrogens with zero attached hydrogens (tertiary/aromatic N) is 1. The molecule has 0 aliphatic carbocycles. The number of ether oxygens (including phenoxy) is 2. The third kappa shape index (κ3) is 4.80. The minimum absolute atomic E-state index is 0.285. The first-order valence-corrected chi connectivity index (χ1v) is 11.6. The molecule has 2 N–H and O–H groups in total. The van der Waals surface area contributed by atoms with Crippen LogP contribution in [0.4, 0.5) is 5.82 Å². The van der Waals surface area contributed by atoms with Gasteiger partial charge in [-0.2, -0.15) is 0 Å². The van der Waals surface area contributed by atoms with Gasteiger partial charge in [0, 0.05) is 5.70 Å². The van der Waals surface area contributed by atoms with Gasteiger partial charge in [-0.15, -0.1) is 0 Å². The first kappa shape index (κ1) is 22.7. The van der Waals surface area contributed by atoms with E-state index in [2.05, 4.69) is 15.3 Å². The van der Waals surface area contributed by atoms with Crippen molar-refractivity contribution in [3.05, 3.63) is 92.9 Å². The molecule has 2 heterocycles. The maximum Gasteiger partial charge on any atom is 0.336 e. The molecule has 8 heteroatoms. The Morgan fingerprint density at radius 1 is 1.12 bits per heavy atom. The van der Waals surface area contributed by atoms with Gasteiger partial charge in [-0.25, -0.2) is 9.78 Å². The molecule has 0 fully saturated rings. The average molecular weight is 464 g/mol. The van der Waals surface area contributed by atoms with Gasteiger partial charge in [0.05, 0.1) is 24.2 Å². The fourth-order valence-corrected chi connectivity index (χ4v) is 4.44. The van der Waals surface area contributed by atoms with Crippen molar-refractivity contribution in [2.24, 2.45) is 0 Å². The summed E-state index contributed by atoms with van der Waals surface area (Å²) in [7, 11) is 1.33. The number of anilines is 1. The zero-order valence-corrected chi connectivity index (χ0v) is 19.5. The van der Waals surface area contributed by atoms with Gasteiger partial charge in [-0.05, 0) is 35.9 Å². The Morgan fingerprint density at radius 2 is 1.85 bits per heavy atom. The summed E-state index contributed by atoms with van der Waals surface area (Å²) in [5.41, 5.74) is 2.93. The summed E-state index contributed by atoms with van der Waals surface area (Å²) in [6, 6.07) is 17.3. The van der Waals surface area contributed by atoms with E-state index < -0.39 is 11.9 Å². The molecule has 0 radical (unpaired) electrons. The van der Waals surface area contributed by atoms with Crippen molar-refractivity contribution in [3.63, 3.8) is 0 Å². The van der Waals surface area contributed by atoms with Crippen LogP contribution >= 0.6 is 11.8 Å². The second kappa shape index (κ2) is 9.95. The molecule has 4 rings (SSSR count). The Balaban J connectivity index is 1.71. The number of esters is 1. The van der Waals surface area contributed by atoms with Gasteiger partial charge in [0.25, 0.3) is 5.56 Å². The van der Waals surface area contributed by atoms with Crippen molar-refractivity contribution in [3.8, 4) is 5.75 Å². The van der Waals surface area contributed by atoms with Crippen LogP contribution < -0.4 is 15.6 Å². The van der Waals surface area contributed by atoms with Gasteiger partial charge in [0.1, 0.15) is 18.2 Å². The second-order valence-corrected chi connectivity index (χ2v) is 8.75. The van der Waals surface area contributed by atoms with E-state index in [1.807, 2.05) is 61.5 Å². The molecule has 0 saturated heterocycles. The summed E-state index contributed by atoms with van der Waals surface area (Å²) in [6.07, 6.45) is 0. The van der Waals surface area contributed by atoms with Crippen molar-refractivity contribution in [1.82, 2.24) is 9.97 Å². The lowest BCUT2D eigenvalue weighted by Crippen LogP contribution is -2.31. The number of hydrogen-bond acceptors (Lipinski definition) is 7. The smallest absolute Gasteiger partial charge is 0.336 e. The Morgan fingerprint density at radius 3 is 2.52 bits per heavy atom. The maximum absolute atomic E-state index is 13.1. The first-order valence-electron chi connectivity index (χ1n) is 10.6. The van der Waals surface area contributed by atoms with Crippen molar-refractivity contribution >= 4 is 23.5 Å². The topological polar surface area (TPSA) is 93.3 Å². The molecular weight excluding hydrogens is 438 g/mol. The monoisotopic (exact) mass is 463 g/mol. The van der Waals surface area contributed by atoms with E-state index in [0.29, 0.717) is 40.2 Å². The lowest BCUT2D eigenvalue weighted by atomic mass is 9.82. The van der Waals surface area contributed by atoms with Crippen LogP contribution in [0.25, 0.3) is 0 Å². The van der Waals surface area contributed by atoms with Crippen molar-refractivity contribution in [1.29, 1.82) is 0 Å². The quantitative estimate of drug-likeness (QED) is 0.303. The number of nitrogens with one attached hydrogen (secondary N) is 2. The molecule has 1 aromatic heterocycles. The van der Waals surface area contributed by atoms with Crippen LogP contribution in [-0.2, 0) is 16.1 Å². The van der Waals surface area contributed by atoms with E-state index in [4.69, 9.17) is 9.47 Å². The Bertz CT molecular complexity index is 1240. The van der Waals surface area contributed by atoms with Gasteiger partial charge < -0.3 is 19.8 Å². The highest BCUT2D eigenvalue weighted by Gasteiger charge is 2.36. The lowest BCUT2D eigenvalue weighted by Gasteiger charge is -2.28. The van der Waals surface area contributed by atoms with Gasteiger partial charge in [0.15, 0.2) is 5.16 Å². The molecule has 0 bridgehead atoms. The number of aromatic amines is 1. The van der Waals surface area contributed by atoms with E-state index in [1.54, 1.807) is 6.92 Å². The molecule has 33 heavy (non-hydrogen) atoms. The van der Waals surface area contributed by atoms with Crippen LogP contribution in [0.3, 0.4) is 0 Å². The summed E-state index contributed by atoms with van der Waals surface area (Å²) < 4.78 is 10.9. The van der Waals surface area contributed by atoms with E-state index in [9.17, 15) is 9.59 Å². The molecule has 0 amide bonds. The molecule has 2 aromatic carbocycles. The van der Waals surface area contributed by atoms with E-state index in [0.717, 1.165) is 16.9 Å². The van der Waals surface area contributed by atoms with Gasteiger partial charge in [-0.3, -0.25) is 4.79 Å². The summed E-state index contributed by atoms with van der Waals surface area (Å²) in [5, 5.41) is 3.66. The normalized spacial score (nSPS) is 14.9. The number of carbonyl (C=O) groups excluding carboxylic acids is 1. The fraction of sp³-hybridized carbons (Fsp3) is 0.240. The number of carbonyl (C=O) groups is 1. The number of aromatic nitrogens is 2. The molecule has 1 aliphatic heterocycles. The zero-order chi connectivity index (χ0) is 23.4.